The second-order valence-corrected chi connectivity index (χ2v) is 7.36. The summed E-state index contributed by atoms with van der Waals surface area (Å²) in [6, 6.07) is 1.52. The van der Waals surface area contributed by atoms with E-state index in [1.54, 1.807) is 0 Å². The van der Waals surface area contributed by atoms with Gasteiger partial charge in [0, 0.05) is 31.1 Å². The monoisotopic (exact) mass is 296 g/mol. The molecule has 2 fully saturated rings. The number of likely N-dealkylation sites (tertiary alicyclic amines) is 1. The van der Waals surface area contributed by atoms with Crippen LogP contribution in [0.1, 0.15) is 59.8 Å². The van der Waals surface area contributed by atoms with E-state index >= 15 is 0 Å². The van der Waals surface area contributed by atoms with Crippen LogP contribution in [-0.4, -0.2) is 47.0 Å². The maximum atomic E-state index is 11.9. The van der Waals surface area contributed by atoms with Gasteiger partial charge >= 0.3 is 5.97 Å². The van der Waals surface area contributed by atoms with E-state index in [0.29, 0.717) is 6.04 Å². The van der Waals surface area contributed by atoms with Gasteiger partial charge in [-0.15, -0.1) is 0 Å². The number of esters is 1. The Hall–Kier alpha value is -1.10. The zero-order chi connectivity index (χ0) is 15.6. The first kappa shape index (κ1) is 16.3. The zero-order valence-corrected chi connectivity index (χ0v) is 13.6. The molecule has 1 aliphatic heterocycles. The number of hydrogen-bond donors (Lipinski definition) is 1. The topological polar surface area (TPSA) is 58.6 Å². The molecule has 5 heteroatoms. The Morgan fingerprint density at radius 3 is 2.48 bits per heavy atom. The summed E-state index contributed by atoms with van der Waals surface area (Å²) in [5.74, 6) is -0.354. The SMILES string of the molecule is C[C@@H]1C[C@H](NC(=O)CCC(=O)OC(C)(C)C)CN1C1CC1. The van der Waals surface area contributed by atoms with E-state index in [9.17, 15) is 9.59 Å². The summed E-state index contributed by atoms with van der Waals surface area (Å²) < 4.78 is 5.20. The first-order valence-corrected chi connectivity index (χ1v) is 8.01. The van der Waals surface area contributed by atoms with Gasteiger partial charge in [0.25, 0.3) is 0 Å². The average molecular weight is 296 g/mol. The van der Waals surface area contributed by atoms with Crippen LogP contribution >= 0.6 is 0 Å². The highest BCUT2D eigenvalue weighted by Gasteiger charge is 2.39. The van der Waals surface area contributed by atoms with Crippen molar-refractivity contribution in [3.63, 3.8) is 0 Å². The van der Waals surface area contributed by atoms with E-state index in [1.165, 1.54) is 12.8 Å². The fourth-order valence-corrected chi connectivity index (χ4v) is 2.98. The van der Waals surface area contributed by atoms with E-state index in [2.05, 4.69) is 17.1 Å². The summed E-state index contributed by atoms with van der Waals surface area (Å²) >= 11 is 0. The molecule has 1 amide bonds. The Labute approximate surface area is 127 Å². The van der Waals surface area contributed by atoms with Crippen LogP contribution in [-0.2, 0) is 14.3 Å². The number of ether oxygens (including phenoxy) is 1. The van der Waals surface area contributed by atoms with Crippen molar-refractivity contribution in [3.05, 3.63) is 0 Å². The molecule has 0 spiro atoms. The van der Waals surface area contributed by atoms with E-state index in [4.69, 9.17) is 4.74 Å². The Kier molecular flexibility index (Phi) is 4.91. The van der Waals surface area contributed by atoms with Crippen LogP contribution in [0.3, 0.4) is 0 Å². The van der Waals surface area contributed by atoms with Crippen LogP contribution in [0.2, 0.25) is 0 Å². The molecule has 1 aliphatic carbocycles. The fraction of sp³-hybridized carbons (Fsp3) is 0.875. The van der Waals surface area contributed by atoms with Gasteiger partial charge in [0.2, 0.25) is 5.91 Å². The Balaban J connectivity index is 1.67. The minimum Gasteiger partial charge on any atom is -0.460 e. The van der Waals surface area contributed by atoms with Gasteiger partial charge < -0.3 is 10.1 Å². The van der Waals surface area contributed by atoms with Crippen LogP contribution in [0.25, 0.3) is 0 Å². The first-order chi connectivity index (χ1) is 9.74. The van der Waals surface area contributed by atoms with Crippen LogP contribution in [0.4, 0.5) is 0 Å². The second-order valence-electron chi connectivity index (χ2n) is 7.36. The Morgan fingerprint density at radius 1 is 1.24 bits per heavy atom. The summed E-state index contributed by atoms with van der Waals surface area (Å²) in [6.07, 6.45) is 3.96. The van der Waals surface area contributed by atoms with Crippen molar-refractivity contribution in [3.8, 4) is 0 Å². The van der Waals surface area contributed by atoms with E-state index in [0.717, 1.165) is 19.0 Å². The molecular weight excluding hydrogens is 268 g/mol. The number of carbonyl (C=O) groups excluding carboxylic acids is 2. The van der Waals surface area contributed by atoms with Crippen molar-refractivity contribution in [2.45, 2.75) is 83.5 Å². The molecule has 2 aliphatic rings. The maximum Gasteiger partial charge on any atom is 0.306 e. The number of amides is 1. The van der Waals surface area contributed by atoms with Crippen molar-refractivity contribution >= 4 is 11.9 Å². The van der Waals surface area contributed by atoms with Gasteiger partial charge in [0.1, 0.15) is 5.60 Å². The third-order valence-corrected chi connectivity index (χ3v) is 3.98. The molecule has 21 heavy (non-hydrogen) atoms. The predicted octanol–water partition coefficient (Wildman–Crippen LogP) is 1.85. The molecular formula is C16H28N2O3. The van der Waals surface area contributed by atoms with E-state index < -0.39 is 5.60 Å². The second kappa shape index (κ2) is 6.34. The van der Waals surface area contributed by atoms with Crippen molar-refractivity contribution in [2.75, 3.05) is 6.54 Å². The molecule has 1 saturated carbocycles. The van der Waals surface area contributed by atoms with Crippen molar-refractivity contribution in [1.82, 2.24) is 10.2 Å². The minimum atomic E-state index is -0.487. The predicted molar refractivity (Wildman–Crippen MR) is 80.8 cm³/mol. The lowest BCUT2D eigenvalue weighted by Crippen LogP contribution is -2.38. The van der Waals surface area contributed by atoms with Gasteiger partial charge in [-0.25, -0.2) is 0 Å². The van der Waals surface area contributed by atoms with Crippen molar-refractivity contribution in [2.24, 2.45) is 0 Å². The van der Waals surface area contributed by atoms with Crippen LogP contribution < -0.4 is 5.32 Å². The number of nitrogens with zero attached hydrogens (tertiary/aromatic N) is 1. The normalized spacial score (nSPS) is 26.7. The summed E-state index contributed by atoms with van der Waals surface area (Å²) in [4.78, 5) is 26.0. The van der Waals surface area contributed by atoms with E-state index in [1.807, 2.05) is 20.8 Å². The van der Waals surface area contributed by atoms with Gasteiger partial charge in [0.05, 0.1) is 6.42 Å². The molecule has 0 radical (unpaired) electrons. The lowest BCUT2D eigenvalue weighted by Gasteiger charge is -2.20. The molecule has 0 bridgehead atoms. The quantitative estimate of drug-likeness (QED) is 0.787. The molecule has 0 aromatic carbocycles. The molecule has 0 aromatic heterocycles. The van der Waals surface area contributed by atoms with Crippen molar-refractivity contribution in [1.29, 1.82) is 0 Å². The summed E-state index contributed by atoms with van der Waals surface area (Å²) in [5, 5.41) is 3.05. The molecule has 2 atom stereocenters. The average Bonchev–Trinajstić information content (AvgIpc) is 3.10. The molecule has 5 nitrogen and oxygen atoms in total. The number of nitrogens with one attached hydrogen (secondary N) is 1. The van der Waals surface area contributed by atoms with Gasteiger partial charge in [0.15, 0.2) is 0 Å². The van der Waals surface area contributed by atoms with Gasteiger partial charge in [-0.05, 0) is 47.0 Å². The minimum absolute atomic E-state index is 0.0456. The maximum absolute atomic E-state index is 11.9. The lowest BCUT2D eigenvalue weighted by atomic mass is 10.1. The van der Waals surface area contributed by atoms with Crippen LogP contribution in [0.15, 0.2) is 0 Å². The zero-order valence-electron chi connectivity index (χ0n) is 13.6. The fourth-order valence-electron chi connectivity index (χ4n) is 2.98. The largest absolute Gasteiger partial charge is 0.460 e. The summed E-state index contributed by atoms with van der Waals surface area (Å²) in [7, 11) is 0. The molecule has 0 aromatic rings. The smallest absolute Gasteiger partial charge is 0.306 e. The number of carbonyl (C=O) groups is 2. The molecule has 1 N–H and O–H groups in total. The highest BCUT2D eigenvalue weighted by Crippen LogP contribution is 2.33. The number of rotatable bonds is 5. The molecule has 2 rings (SSSR count). The summed E-state index contributed by atoms with van der Waals surface area (Å²) in [5.41, 5.74) is -0.487. The Bertz CT molecular complexity index is 399. The third-order valence-electron chi connectivity index (χ3n) is 3.98. The number of hydrogen-bond acceptors (Lipinski definition) is 4. The molecule has 1 heterocycles. The van der Waals surface area contributed by atoms with Crippen LogP contribution in [0.5, 0.6) is 0 Å². The molecule has 120 valence electrons. The van der Waals surface area contributed by atoms with Gasteiger partial charge in [-0.2, -0.15) is 0 Å². The Morgan fingerprint density at radius 2 is 1.90 bits per heavy atom. The highest BCUT2D eigenvalue weighted by molar-refractivity contribution is 5.81. The van der Waals surface area contributed by atoms with Crippen molar-refractivity contribution < 1.29 is 14.3 Å². The van der Waals surface area contributed by atoms with Gasteiger partial charge in [-0.3, -0.25) is 14.5 Å². The molecule has 0 unspecified atom stereocenters. The first-order valence-electron chi connectivity index (χ1n) is 8.01. The highest BCUT2D eigenvalue weighted by atomic mass is 16.6. The standard InChI is InChI=1S/C16H28N2O3/c1-11-9-12(10-18(11)13-5-6-13)17-14(19)7-8-15(20)21-16(2,3)4/h11-13H,5-10H2,1-4H3,(H,17,19)/t11-,12+/m1/s1. The lowest BCUT2D eigenvalue weighted by molar-refractivity contribution is -0.155. The third kappa shape index (κ3) is 5.30. The van der Waals surface area contributed by atoms with Crippen LogP contribution in [0, 0.1) is 0 Å². The summed E-state index contributed by atoms with van der Waals surface area (Å²) in [6.45, 7) is 8.67. The van der Waals surface area contributed by atoms with Gasteiger partial charge in [-0.1, -0.05) is 0 Å². The molecule has 1 saturated heterocycles. The van der Waals surface area contributed by atoms with E-state index in [-0.39, 0.29) is 30.8 Å².